The van der Waals surface area contributed by atoms with E-state index in [-0.39, 0.29) is 32.5 Å². The van der Waals surface area contributed by atoms with Crippen molar-refractivity contribution in [3.63, 3.8) is 0 Å². The zero-order valence-electron chi connectivity index (χ0n) is 30.6. The van der Waals surface area contributed by atoms with E-state index in [1.165, 1.54) is 49.8 Å². The lowest BCUT2D eigenvalue weighted by Crippen LogP contribution is -2.32. The van der Waals surface area contributed by atoms with Crippen molar-refractivity contribution in [3.8, 4) is 0 Å². The Morgan fingerprint density at radius 2 is 0.571 bits per heavy atom. The van der Waals surface area contributed by atoms with E-state index in [1.54, 1.807) is 21.2 Å². The van der Waals surface area contributed by atoms with Crippen LogP contribution in [0.4, 0.5) is 0 Å². The summed E-state index contributed by atoms with van der Waals surface area (Å²) in [6, 6.07) is 10.1. The van der Waals surface area contributed by atoms with Crippen LogP contribution in [-0.4, -0.2) is 10.6 Å². The number of benzene rings is 2. The summed E-state index contributed by atoms with van der Waals surface area (Å²) in [5.41, 5.74) is 9.75. The molecular weight excluding hydrogens is 542 g/mol. The highest BCUT2D eigenvalue weighted by atomic mass is 31.1. The molecule has 0 aliphatic heterocycles. The lowest BCUT2D eigenvalue weighted by Gasteiger charge is -2.34. The van der Waals surface area contributed by atoms with Crippen molar-refractivity contribution in [2.24, 2.45) is 0 Å². The molecule has 0 heterocycles. The van der Waals surface area contributed by atoms with Gasteiger partial charge in [-0.3, -0.25) is 0 Å². The van der Waals surface area contributed by atoms with Crippen molar-refractivity contribution in [2.45, 2.75) is 170 Å². The SMILES string of the molecule is CC(C)(C)c1cc(C(C)(C)C)c(P=C2CC(=Pc3c(C(C)(C)C)cc(C(C)(C)C)cc3C(C)(C)C)C2)c(C(C)(C)C)c1. The van der Waals surface area contributed by atoms with Gasteiger partial charge in [0.1, 0.15) is 0 Å². The zero-order valence-corrected chi connectivity index (χ0v) is 32.4. The first kappa shape index (κ1) is 35.3. The van der Waals surface area contributed by atoms with E-state index in [9.17, 15) is 0 Å². The van der Waals surface area contributed by atoms with Gasteiger partial charge in [-0.1, -0.05) is 165 Å². The molecule has 1 aliphatic carbocycles. The molecule has 0 amide bonds. The Balaban J connectivity index is 2.18. The summed E-state index contributed by atoms with van der Waals surface area (Å²) < 4.78 is 0. The summed E-state index contributed by atoms with van der Waals surface area (Å²) in [6.45, 7) is 42.8. The summed E-state index contributed by atoms with van der Waals surface area (Å²) in [5.74, 6) is 0. The maximum absolute atomic E-state index is 2.53. The summed E-state index contributed by atoms with van der Waals surface area (Å²) in [7, 11) is 2.88. The molecule has 0 atom stereocenters. The van der Waals surface area contributed by atoms with Gasteiger partial charge in [0.25, 0.3) is 0 Å². The Kier molecular flexibility index (Phi) is 9.48. The molecule has 0 nitrogen and oxygen atoms in total. The maximum atomic E-state index is 2.53. The molecule has 232 valence electrons. The van der Waals surface area contributed by atoms with Gasteiger partial charge >= 0.3 is 0 Å². The van der Waals surface area contributed by atoms with Crippen molar-refractivity contribution in [1.82, 2.24) is 0 Å². The third-order valence-corrected chi connectivity index (χ3v) is 11.2. The average molecular weight is 605 g/mol. The molecule has 0 aromatic heterocycles. The van der Waals surface area contributed by atoms with Gasteiger partial charge in [-0.2, -0.15) is 0 Å². The van der Waals surface area contributed by atoms with Crippen LogP contribution in [0.3, 0.4) is 0 Å². The fourth-order valence-corrected chi connectivity index (χ4v) is 9.60. The Morgan fingerprint density at radius 1 is 0.357 bits per heavy atom. The Labute approximate surface area is 264 Å². The fourth-order valence-electron chi connectivity index (χ4n) is 5.56. The smallest absolute Gasteiger partial charge is 0.00925 e. The summed E-state index contributed by atoms with van der Waals surface area (Å²) >= 11 is 0. The summed E-state index contributed by atoms with van der Waals surface area (Å²) in [5, 5.41) is 6.49. The molecule has 0 spiro atoms. The fraction of sp³-hybridized carbons (Fsp3) is 0.650. The number of hydrogen-bond donors (Lipinski definition) is 0. The van der Waals surface area contributed by atoms with Gasteiger partial charge in [-0.15, -0.1) is 0 Å². The molecule has 2 aromatic carbocycles. The van der Waals surface area contributed by atoms with Gasteiger partial charge in [0, 0.05) is 10.6 Å². The van der Waals surface area contributed by atoms with E-state index >= 15 is 0 Å². The van der Waals surface area contributed by atoms with Crippen LogP contribution in [0, 0.1) is 0 Å². The number of rotatable bonds is 2. The van der Waals surface area contributed by atoms with Crippen LogP contribution in [0.5, 0.6) is 0 Å². The molecule has 2 aromatic rings. The largest absolute Gasteiger partial charge is 0.0680 e. The van der Waals surface area contributed by atoms with Crippen molar-refractivity contribution >= 4 is 37.6 Å². The molecule has 0 radical (unpaired) electrons. The van der Waals surface area contributed by atoms with Crippen LogP contribution in [0.1, 0.15) is 171 Å². The van der Waals surface area contributed by atoms with Crippen LogP contribution < -0.4 is 10.6 Å². The van der Waals surface area contributed by atoms with Gasteiger partial charge in [0.2, 0.25) is 0 Å². The van der Waals surface area contributed by atoms with Gasteiger partial charge in [0.15, 0.2) is 0 Å². The molecule has 2 heteroatoms. The Bertz CT molecular complexity index is 1200. The second-order valence-corrected chi connectivity index (χ2v) is 21.7. The van der Waals surface area contributed by atoms with E-state index in [1.807, 2.05) is 0 Å². The lowest BCUT2D eigenvalue weighted by molar-refractivity contribution is 0.553. The van der Waals surface area contributed by atoms with E-state index in [0.29, 0.717) is 0 Å². The van der Waals surface area contributed by atoms with E-state index in [4.69, 9.17) is 0 Å². The van der Waals surface area contributed by atoms with E-state index in [0.717, 1.165) is 12.8 Å². The van der Waals surface area contributed by atoms with Crippen molar-refractivity contribution in [1.29, 1.82) is 0 Å². The van der Waals surface area contributed by atoms with E-state index in [2.05, 4.69) is 149 Å². The second-order valence-electron chi connectivity index (χ2n) is 19.0. The molecule has 3 rings (SSSR count). The standard InChI is InChI=1S/C40H62P2/c1-35(2,3)25-19-29(37(7,8)9)33(30(20-25)38(10,11)12)41-27-23-28(24-27)42-34-31(39(13,14)15)21-26(36(4,5)6)22-32(34)40(16,17)18/h19-22H,23-24H2,1-18H3. The first-order valence-corrected chi connectivity index (χ1v) is 17.9. The van der Waals surface area contributed by atoms with Crippen LogP contribution >= 0.6 is 16.4 Å². The molecular formula is C40H62P2. The monoisotopic (exact) mass is 604 g/mol. The molecule has 1 saturated carbocycles. The average Bonchev–Trinajstić information content (AvgIpc) is 2.72. The third-order valence-electron chi connectivity index (χ3n) is 8.54. The summed E-state index contributed by atoms with van der Waals surface area (Å²) in [4.78, 5) is 0. The minimum absolute atomic E-state index is 0.108. The normalized spacial score (nSPS) is 16.0. The van der Waals surface area contributed by atoms with Crippen LogP contribution in [0.25, 0.3) is 0 Å². The predicted molar refractivity (Wildman–Crippen MR) is 197 cm³/mol. The molecule has 1 aliphatic rings. The van der Waals surface area contributed by atoms with Gasteiger partial charge in [0.05, 0.1) is 0 Å². The van der Waals surface area contributed by atoms with Gasteiger partial charge < -0.3 is 0 Å². The first-order chi connectivity index (χ1) is 18.6. The van der Waals surface area contributed by atoms with Crippen molar-refractivity contribution < 1.29 is 0 Å². The molecule has 0 saturated heterocycles. The Morgan fingerprint density at radius 3 is 0.738 bits per heavy atom. The zero-order chi connectivity index (χ0) is 32.4. The topological polar surface area (TPSA) is 0 Å². The quantitative estimate of drug-likeness (QED) is 0.299. The van der Waals surface area contributed by atoms with Crippen LogP contribution in [0.15, 0.2) is 24.3 Å². The molecule has 0 N–H and O–H groups in total. The highest BCUT2D eigenvalue weighted by molar-refractivity contribution is 7.53. The molecule has 1 fully saturated rings. The minimum Gasteiger partial charge on any atom is -0.0680 e. The maximum Gasteiger partial charge on any atom is 0.00925 e. The second kappa shape index (κ2) is 11.3. The highest BCUT2D eigenvalue weighted by Gasteiger charge is 2.32. The van der Waals surface area contributed by atoms with Crippen molar-refractivity contribution in [3.05, 3.63) is 57.6 Å². The summed E-state index contributed by atoms with van der Waals surface area (Å²) in [6.07, 6.45) is 2.32. The van der Waals surface area contributed by atoms with Crippen LogP contribution in [0.2, 0.25) is 0 Å². The molecule has 0 unspecified atom stereocenters. The van der Waals surface area contributed by atoms with Crippen LogP contribution in [-0.2, 0) is 32.5 Å². The Hall–Kier alpha value is -1.22. The van der Waals surface area contributed by atoms with Gasteiger partial charge in [-0.25, -0.2) is 0 Å². The van der Waals surface area contributed by atoms with Gasteiger partial charge in [-0.05, 0) is 89.3 Å². The minimum atomic E-state index is 0.108. The molecule has 0 bridgehead atoms. The number of hydrogen-bond acceptors (Lipinski definition) is 0. The predicted octanol–water partition coefficient (Wildman–Crippen LogP) is 11.5. The van der Waals surface area contributed by atoms with Crippen molar-refractivity contribution in [2.75, 3.05) is 0 Å². The molecule has 42 heavy (non-hydrogen) atoms. The first-order valence-electron chi connectivity index (χ1n) is 16.1. The third kappa shape index (κ3) is 8.08. The van der Waals surface area contributed by atoms with E-state index < -0.39 is 0 Å². The lowest BCUT2D eigenvalue weighted by atomic mass is 9.75. The highest BCUT2D eigenvalue weighted by Crippen LogP contribution is 2.39.